The molecular formula is C27H42N2O4S. The Labute approximate surface area is 208 Å². The number of ketones is 1. The van der Waals surface area contributed by atoms with Gasteiger partial charge >= 0.3 is 5.97 Å². The average molecular weight is 491 g/mol. The first-order valence-corrected chi connectivity index (χ1v) is 13.2. The highest BCUT2D eigenvalue weighted by atomic mass is 32.1. The van der Waals surface area contributed by atoms with Crippen molar-refractivity contribution in [2.75, 3.05) is 0 Å². The molecule has 1 aliphatic heterocycles. The van der Waals surface area contributed by atoms with Gasteiger partial charge in [0, 0.05) is 24.3 Å². The van der Waals surface area contributed by atoms with Crippen LogP contribution in [-0.4, -0.2) is 34.1 Å². The highest BCUT2D eigenvalue weighted by Gasteiger charge is 2.39. The standard InChI is InChI=1S/C27H42N2O4S/c1-17-8-7-9-18(2)12-20(4)26(32)27(5,6)23(30)14-25(31)33-22(11-10-17)19(3)13-21-16-34-24(15-28)29-21/h10,13,16,18,20,22-23,30H,7-9,11-12,14-15,28H2,1-6H3/b17-10-,19-13+/t18?,20?,22-,23?/m0/s1. The van der Waals surface area contributed by atoms with Crippen LogP contribution >= 0.6 is 11.3 Å². The number of Topliss-reactive ketones (excluding diaryl/α,β-unsaturated/α-hetero) is 1. The van der Waals surface area contributed by atoms with Crippen molar-refractivity contribution in [2.24, 2.45) is 23.0 Å². The summed E-state index contributed by atoms with van der Waals surface area (Å²) >= 11 is 1.50. The van der Waals surface area contributed by atoms with Gasteiger partial charge in [-0.05, 0) is 50.7 Å². The Morgan fingerprint density at radius 2 is 2.06 bits per heavy atom. The van der Waals surface area contributed by atoms with Crippen LogP contribution in [0, 0.1) is 17.3 Å². The number of nitrogens with two attached hydrogens (primary N) is 1. The van der Waals surface area contributed by atoms with Crippen LogP contribution < -0.4 is 5.73 Å². The van der Waals surface area contributed by atoms with Crippen molar-refractivity contribution in [1.29, 1.82) is 0 Å². The molecule has 0 radical (unpaired) electrons. The first-order valence-electron chi connectivity index (χ1n) is 12.3. The summed E-state index contributed by atoms with van der Waals surface area (Å²) in [5, 5.41) is 13.6. The van der Waals surface area contributed by atoms with Gasteiger partial charge in [-0.15, -0.1) is 11.3 Å². The van der Waals surface area contributed by atoms with Gasteiger partial charge in [0.05, 0.1) is 23.6 Å². The molecule has 6 nitrogen and oxygen atoms in total. The average Bonchev–Trinajstić information content (AvgIpc) is 3.22. The topological polar surface area (TPSA) is 103 Å². The third kappa shape index (κ3) is 8.14. The fourth-order valence-corrected chi connectivity index (χ4v) is 5.16. The summed E-state index contributed by atoms with van der Waals surface area (Å²) in [7, 11) is 0. The number of aromatic nitrogens is 1. The number of carbonyl (C=O) groups is 2. The number of hydrogen-bond donors (Lipinski definition) is 2. The number of allylic oxidation sites excluding steroid dienone is 1. The predicted molar refractivity (Wildman–Crippen MR) is 138 cm³/mol. The first kappa shape index (κ1) is 28.4. The number of hydrogen-bond acceptors (Lipinski definition) is 7. The maximum Gasteiger partial charge on any atom is 0.309 e. The van der Waals surface area contributed by atoms with Crippen molar-refractivity contribution in [3.05, 3.63) is 33.3 Å². The van der Waals surface area contributed by atoms with Gasteiger partial charge in [0.15, 0.2) is 0 Å². The first-order chi connectivity index (χ1) is 15.9. The SMILES string of the molecule is C/C1=C/C[C@@H](/C(C)=C/c2csc(CN)n2)OC(=O)CC(O)C(C)(C)C(=O)C(C)CC(C)CCC1. The van der Waals surface area contributed by atoms with E-state index in [1.54, 1.807) is 13.8 Å². The molecule has 1 aromatic rings. The van der Waals surface area contributed by atoms with Crippen molar-refractivity contribution in [2.45, 2.75) is 98.8 Å². The summed E-state index contributed by atoms with van der Waals surface area (Å²) in [5.74, 6) is -0.261. The largest absolute Gasteiger partial charge is 0.457 e. The molecule has 4 atom stereocenters. The second-order valence-corrected chi connectivity index (χ2v) is 11.4. The van der Waals surface area contributed by atoms with Crippen LogP contribution in [0.4, 0.5) is 0 Å². The molecule has 1 aromatic heterocycles. The summed E-state index contributed by atoms with van der Waals surface area (Å²) < 4.78 is 5.84. The van der Waals surface area contributed by atoms with E-state index in [0.717, 1.165) is 42.0 Å². The Bertz CT molecular complexity index is 902. The van der Waals surface area contributed by atoms with Crippen LogP contribution in [-0.2, 0) is 20.9 Å². The zero-order valence-electron chi connectivity index (χ0n) is 21.6. The minimum absolute atomic E-state index is 0.00492. The summed E-state index contributed by atoms with van der Waals surface area (Å²) in [6.07, 6.45) is 6.69. The van der Waals surface area contributed by atoms with Crippen LogP contribution in [0.1, 0.15) is 90.8 Å². The monoisotopic (exact) mass is 490 g/mol. The fraction of sp³-hybridized carbons (Fsp3) is 0.667. The Morgan fingerprint density at radius 3 is 2.71 bits per heavy atom. The molecule has 2 rings (SSSR count). The number of nitrogens with zero attached hydrogens (tertiary/aromatic N) is 1. The Balaban J connectivity index is 2.30. The van der Waals surface area contributed by atoms with Crippen molar-refractivity contribution in [3.8, 4) is 0 Å². The van der Waals surface area contributed by atoms with Crippen molar-refractivity contribution < 1.29 is 19.4 Å². The number of rotatable bonds is 3. The highest BCUT2D eigenvalue weighted by molar-refractivity contribution is 7.09. The molecule has 0 spiro atoms. The van der Waals surface area contributed by atoms with E-state index in [1.165, 1.54) is 16.9 Å². The zero-order valence-corrected chi connectivity index (χ0v) is 22.4. The molecule has 0 aromatic carbocycles. The molecule has 0 fully saturated rings. The van der Waals surface area contributed by atoms with E-state index >= 15 is 0 Å². The second-order valence-electron chi connectivity index (χ2n) is 10.5. The second kappa shape index (κ2) is 12.8. The number of esters is 1. The van der Waals surface area contributed by atoms with Gasteiger partial charge in [0.1, 0.15) is 16.9 Å². The normalized spacial score (nSPS) is 29.9. The maximum absolute atomic E-state index is 13.1. The van der Waals surface area contributed by atoms with Crippen LogP contribution in [0.2, 0.25) is 0 Å². The Morgan fingerprint density at radius 1 is 1.35 bits per heavy atom. The molecule has 0 aliphatic carbocycles. The van der Waals surface area contributed by atoms with E-state index in [0.29, 0.717) is 18.9 Å². The van der Waals surface area contributed by atoms with Gasteiger partial charge < -0.3 is 15.6 Å². The van der Waals surface area contributed by atoms with E-state index in [-0.39, 0.29) is 18.1 Å². The van der Waals surface area contributed by atoms with Crippen LogP contribution in [0.25, 0.3) is 6.08 Å². The minimum atomic E-state index is -1.11. The van der Waals surface area contributed by atoms with Gasteiger partial charge in [-0.2, -0.15) is 0 Å². The summed E-state index contributed by atoms with van der Waals surface area (Å²) in [5.41, 5.74) is 7.58. The van der Waals surface area contributed by atoms with Gasteiger partial charge in [0.25, 0.3) is 0 Å². The number of aliphatic hydroxyl groups excluding tert-OH is 1. The van der Waals surface area contributed by atoms with E-state index in [9.17, 15) is 14.7 Å². The number of aliphatic hydroxyl groups is 1. The van der Waals surface area contributed by atoms with Crippen LogP contribution in [0.15, 0.2) is 22.6 Å². The van der Waals surface area contributed by atoms with Crippen molar-refractivity contribution >= 4 is 29.2 Å². The van der Waals surface area contributed by atoms with Crippen LogP contribution in [0.3, 0.4) is 0 Å². The Kier molecular flexibility index (Phi) is 10.7. The van der Waals surface area contributed by atoms with Crippen molar-refractivity contribution in [3.63, 3.8) is 0 Å². The number of cyclic esters (lactones) is 1. The molecule has 190 valence electrons. The molecular weight excluding hydrogens is 448 g/mol. The predicted octanol–water partition coefficient (Wildman–Crippen LogP) is 5.45. The smallest absolute Gasteiger partial charge is 0.309 e. The molecule has 7 heteroatoms. The lowest BCUT2D eigenvalue weighted by atomic mass is 9.74. The highest BCUT2D eigenvalue weighted by Crippen LogP contribution is 2.32. The minimum Gasteiger partial charge on any atom is -0.457 e. The maximum atomic E-state index is 13.1. The lowest BCUT2D eigenvalue weighted by Crippen LogP contribution is -2.42. The van der Waals surface area contributed by atoms with Crippen molar-refractivity contribution in [1.82, 2.24) is 4.98 Å². The summed E-state index contributed by atoms with van der Waals surface area (Å²) in [6.45, 7) is 12.0. The molecule has 0 saturated heterocycles. The molecule has 34 heavy (non-hydrogen) atoms. The third-order valence-electron chi connectivity index (χ3n) is 6.88. The molecule has 3 unspecified atom stereocenters. The van der Waals surface area contributed by atoms with Gasteiger partial charge in [0.2, 0.25) is 0 Å². The summed E-state index contributed by atoms with van der Waals surface area (Å²) in [6, 6.07) is 0. The number of thiazole rings is 1. The van der Waals surface area contributed by atoms with Gasteiger partial charge in [-0.3, -0.25) is 9.59 Å². The fourth-order valence-electron chi connectivity index (χ4n) is 4.53. The molecule has 0 bridgehead atoms. The number of carbonyl (C=O) groups excluding carboxylic acids is 2. The molecule has 0 amide bonds. The molecule has 3 N–H and O–H groups in total. The lowest BCUT2D eigenvalue weighted by Gasteiger charge is -2.32. The van der Waals surface area contributed by atoms with Gasteiger partial charge in [-0.25, -0.2) is 4.98 Å². The number of ether oxygens (including phenoxy) is 1. The van der Waals surface area contributed by atoms with E-state index in [1.807, 2.05) is 25.3 Å². The summed E-state index contributed by atoms with van der Waals surface area (Å²) in [4.78, 5) is 30.5. The Hall–Kier alpha value is -1.83. The van der Waals surface area contributed by atoms with E-state index < -0.39 is 23.6 Å². The van der Waals surface area contributed by atoms with Gasteiger partial charge in [-0.1, -0.05) is 45.8 Å². The third-order valence-corrected chi connectivity index (χ3v) is 7.77. The van der Waals surface area contributed by atoms with Crippen LogP contribution in [0.5, 0.6) is 0 Å². The molecule has 1 aliphatic rings. The molecule has 0 saturated carbocycles. The van der Waals surface area contributed by atoms with E-state index in [2.05, 4.69) is 24.9 Å². The zero-order chi connectivity index (χ0) is 25.5. The quantitative estimate of drug-likeness (QED) is 0.432. The molecule has 2 heterocycles. The lowest BCUT2D eigenvalue weighted by molar-refractivity contribution is -0.153. The van der Waals surface area contributed by atoms with E-state index in [4.69, 9.17) is 10.5 Å².